The van der Waals surface area contributed by atoms with E-state index in [9.17, 15) is 4.79 Å². The quantitative estimate of drug-likeness (QED) is 0.667. The van der Waals surface area contributed by atoms with E-state index in [4.69, 9.17) is 0 Å². The number of hydrogen-bond acceptors (Lipinski definition) is 3. The first-order valence-corrected chi connectivity index (χ1v) is 9.41. The molecule has 3 nitrogen and oxygen atoms in total. The predicted molar refractivity (Wildman–Crippen MR) is 96.6 cm³/mol. The second kappa shape index (κ2) is 5.42. The molecule has 5 rings (SSSR count). The van der Waals surface area contributed by atoms with Gasteiger partial charge in [-0.1, -0.05) is 24.3 Å². The van der Waals surface area contributed by atoms with Crippen molar-refractivity contribution in [3.8, 4) is 0 Å². The molecule has 24 heavy (non-hydrogen) atoms. The number of aromatic nitrogens is 1. The van der Waals surface area contributed by atoms with Crippen molar-refractivity contribution >= 4 is 27.5 Å². The van der Waals surface area contributed by atoms with E-state index in [-0.39, 0.29) is 5.91 Å². The van der Waals surface area contributed by atoms with Gasteiger partial charge in [-0.15, -0.1) is 11.3 Å². The number of amides is 1. The van der Waals surface area contributed by atoms with Gasteiger partial charge in [0.2, 0.25) is 0 Å². The Labute approximate surface area is 144 Å². The van der Waals surface area contributed by atoms with Crippen LogP contribution in [0.5, 0.6) is 0 Å². The van der Waals surface area contributed by atoms with Crippen molar-refractivity contribution in [3.63, 3.8) is 0 Å². The van der Waals surface area contributed by atoms with Gasteiger partial charge >= 0.3 is 0 Å². The van der Waals surface area contributed by atoms with Crippen LogP contribution in [0, 0.1) is 0 Å². The van der Waals surface area contributed by atoms with Crippen LogP contribution in [0.1, 0.15) is 40.2 Å². The van der Waals surface area contributed by atoms with Gasteiger partial charge in [0, 0.05) is 24.1 Å². The third-order valence-corrected chi connectivity index (χ3v) is 6.29. The zero-order chi connectivity index (χ0) is 16.1. The summed E-state index contributed by atoms with van der Waals surface area (Å²) in [4.78, 5) is 19.6. The van der Waals surface area contributed by atoms with Gasteiger partial charge in [-0.3, -0.25) is 4.79 Å². The fourth-order valence-electron chi connectivity index (χ4n) is 4.39. The number of likely N-dealkylation sites (tertiary alicyclic amines) is 1. The summed E-state index contributed by atoms with van der Waals surface area (Å²) in [7, 11) is 0. The van der Waals surface area contributed by atoms with Crippen LogP contribution < -0.4 is 0 Å². The summed E-state index contributed by atoms with van der Waals surface area (Å²) in [5.41, 5.74) is 6.48. The molecule has 2 atom stereocenters. The molecule has 1 aromatic heterocycles. The number of rotatable bonds is 1. The number of fused-ring (bicyclic) bond motifs is 4. The monoisotopic (exact) mass is 334 g/mol. The third-order valence-electron chi connectivity index (χ3n) is 5.50. The normalized spacial score (nSPS) is 22.4. The summed E-state index contributed by atoms with van der Waals surface area (Å²) >= 11 is 1.59. The molecule has 3 aromatic rings. The number of thiazole rings is 1. The fourth-order valence-corrected chi connectivity index (χ4v) is 5.10. The van der Waals surface area contributed by atoms with Crippen molar-refractivity contribution in [1.82, 2.24) is 9.88 Å². The molecule has 0 radical (unpaired) electrons. The maximum atomic E-state index is 13.2. The Bertz CT molecular complexity index is 932. The highest BCUT2D eigenvalue weighted by molar-refractivity contribution is 7.16. The Balaban J connectivity index is 1.49. The van der Waals surface area contributed by atoms with E-state index >= 15 is 0 Å². The highest BCUT2D eigenvalue weighted by Crippen LogP contribution is 2.42. The fraction of sp³-hybridized carbons (Fsp3) is 0.300. The highest BCUT2D eigenvalue weighted by atomic mass is 32.1. The first-order valence-electron chi connectivity index (χ1n) is 8.53. The smallest absolute Gasteiger partial charge is 0.254 e. The molecule has 0 spiro atoms. The molecule has 1 unspecified atom stereocenters. The lowest BCUT2D eigenvalue weighted by molar-refractivity contribution is 0.0595. The molecule has 2 aliphatic rings. The number of piperidine rings is 1. The molecular formula is C20H18N2OS. The molecule has 1 amide bonds. The molecule has 2 heterocycles. The summed E-state index contributed by atoms with van der Waals surface area (Å²) in [5, 5.41) is 0. The molecule has 120 valence electrons. The predicted octanol–water partition coefficient (Wildman–Crippen LogP) is 4.24. The van der Waals surface area contributed by atoms with E-state index in [1.54, 1.807) is 11.3 Å². The van der Waals surface area contributed by atoms with Gasteiger partial charge < -0.3 is 4.90 Å². The number of benzene rings is 2. The molecule has 4 heteroatoms. The summed E-state index contributed by atoms with van der Waals surface area (Å²) in [5.74, 6) is 0.679. The third kappa shape index (κ3) is 2.09. The van der Waals surface area contributed by atoms with E-state index < -0.39 is 0 Å². The van der Waals surface area contributed by atoms with Gasteiger partial charge in [0.25, 0.3) is 5.91 Å². The van der Waals surface area contributed by atoms with Gasteiger partial charge in [-0.05, 0) is 48.6 Å². The van der Waals surface area contributed by atoms with Crippen LogP contribution in [-0.2, 0) is 6.42 Å². The molecule has 1 saturated heterocycles. The minimum absolute atomic E-state index is 0.174. The average molecular weight is 334 g/mol. The lowest BCUT2D eigenvalue weighted by Crippen LogP contribution is -2.46. The maximum Gasteiger partial charge on any atom is 0.254 e. The van der Waals surface area contributed by atoms with Gasteiger partial charge in [-0.25, -0.2) is 4.98 Å². The van der Waals surface area contributed by atoms with E-state index in [0.29, 0.717) is 12.0 Å². The summed E-state index contributed by atoms with van der Waals surface area (Å²) in [6.07, 6.45) is 3.28. The van der Waals surface area contributed by atoms with Gasteiger partial charge in [0.05, 0.1) is 15.7 Å². The molecule has 1 aliphatic heterocycles. The SMILES string of the molecule is O=C(c1ccc2ncsc2c1)N1CCCC2c3ccccc3C[C@@H]21. The first kappa shape index (κ1) is 14.2. The highest BCUT2D eigenvalue weighted by Gasteiger charge is 2.40. The Morgan fingerprint density at radius 2 is 2.12 bits per heavy atom. The van der Waals surface area contributed by atoms with Gasteiger partial charge in [0.1, 0.15) is 0 Å². The van der Waals surface area contributed by atoms with Crippen molar-refractivity contribution in [2.75, 3.05) is 6.54 Å². The number of hydrogen-bond donors (Lipinski definition) is 0. The lowest BCUT2D eigenvalue weighted by Gasteiger charge is -2.38. The zero-order valence-corrected chi connectivity index (χ0v) is 14.1. The molecule has 0 bridgehead atoms. The lowest BCUT2D eigenvalue weighted by atomic mass is 9.88. The van der Waals surface area contributed by atoms with Crippen molar-refractivity contribution in [1.29, 1.82) is 0 Å². The summed E-state index contributed by atoms with van der Waals surface area (Å²) in [6, 6.07) is 14.9. The molecule has 0 saturated carbocycles. The second-order valence-electron chi connectivity index (χ2n) is 6.75. The van der Waals surface area contributed by atoms with Crippen LogP contribution in [0.4, 0.5) is 0 Å². The number of carbonyl (C=O) groups is 1. The molecular weight excluding hydrogens is 316 g/mol. The second-order valence-corrected chi connectivity index (χ2v) is 7.64. The maximum absolute atomic E-state index is 13.2. The van der Waals surface area contributed by atoms with E-state index in [1.807, 2.05) is 23.7 Å². The van der Waals surface area contributed by atoms with Crippen molar-refractivity contribution < 1.29 is 4.79 Å². The van der Waals surface area contributed by atoms with Crippen LogP contribution in [0.2, 0.25) is 0 Å². The number of carbonyl (C=O) groups excluding carboxylic acids is 1. The van der Waals surface area contributed by atoms with E-state index in [2.05, 4.69) is 34.1 Å². The Kier molecular flexibility index (Phi) is 3.20. The molecule has 0 N–H and O–H groups in total. The Morgan fingerprint density at radius 3 is 3.08 bits per heavy atom. The average Bonchev–Trinajstić information content (AvgIpc) is 3.24. The van der Waals surface area contributed by atoms with Crippen LogP contribution >= 0.6 is 11.3 Å². The largest absolute Gasteiger partial charge is 0.335 e. The molecule has 1 fully saturated rings. The minimum Gasteiger partial charge on any atom is -0.335 e. The van der Waals surface area contributed by atoms with Crippen molar-refractivity contribution in [2.45, 2.75) is 31.2 Å². The summed E-state index contributed by atoms with van der Waals surface area (Å²) < 4.78 is 1.09. The topological polar surface area (TPSA) is 33.2 Å². The van der Waals surface area contributed by atoms with Crippen LogP contribution in [0.3, 0.4) is 0 Å². The first-order chi connectivity index (χ1) is 11.8. The van der Waals surface area contributed by atoms with Crippen LogP contribution in [0.25, 0.3) is 10.2 Å². The Morgan fingerprint density at radius 1 is 1.21 bits per heavy atom. The van der Waals surface area contributed by atoms with Crippen LogP contribution in [-0.4, -0.2) is 28.4 Å². The van der Waals surface area contributed by atoms with E-state index in [1.165, 1.54) is 17.5 Å². The van der Waals surface area contributed by atoms with Crippen molar-refractivity contribution in [3.05, 3.63) is 64.7 Å². The molecule has 2 aromatic carbocycles. The standard InChI is InChI=1S/C20H18N2OS/c23-20(14-7-8-17-19(11-14)24-12-21-17)22-9-3-6-16-15-5-2-1-4-13(15)10-18(16)22/h1-2,4-5,7-8,11-12,16,18H,3,6,9-10H2/t16?,18-/m0/s1. The van der Waals surface area contributed by atoms with Crippen molar-refractivity contribution in [2.24, 2.45) is 0 Å². The van der Waals surface area contributed by atoms with Gasteiger partial charge in [-0.2, -0.15) is 0 Å². The van der Waals surface area contributed by atoms with E-state index in [0.717, 1.165) is 35.2 Å². The molecule has 1 aliphatic carbocycles. The number of nitrogens with zero attached hydrogens (tertiary/aromatic N) is 2. The zero-order valence-electron chi connectivity index (χ0n) is 13.3. The summed E-state index contributed by atoms with van der Waals surface area (Å²) in [6.45, 7) is 0.870. The van der Waals surface area contributed by atoms with Crippen LogP contribution in [0.15, 0.2) is 48.0 Å². The minimum atomic E-state index is 0.174. The Hall–Kier alpha value is -2.20. The van der Waals surface area contributed by atoms with Gasteiger partial charge in [0.15, 0.2) is 0 Å².